The van der Waals surface area contributed by atoms with Gasteiger partial charge in [0.2, 0.25) is 0 Å². The monoisotopic (exact) mass is 426 g/mol. The van der Waals surface area contributed by atoms with Crippen LogP contribution in [0.15, 0.2) is 42.0 Å². The van der Waals surface area contributed by atoms with Crippen molar-refractivity contribution in [2.75, 3.05) is 0 Å². The molecule has 0 aromatic heterocycles. The van der Waals surface area contributed by atoms with Gasteiger partial charge in [0, 0.05) is 19.3 Å². The van der Waals surface area contributed by atoms with Gasteiger partial charge in [0.1, 0.15) is 23.5 Å². The van der Waals surface area contributed by atoms with E-state index < -0.39 is 29.0 Å². The average Bonchev–Trinajstić information content (AvgIpc) is 2.94. The molecule has 1 saturated heterocycles. The van der Waals surface area contributed by atoms with E-state index in [1.807, 2.05) is 19.9 Å². The third kappa shape index (κ3) is 4.01. The van der Waals surface area contributed by atoms with E-state index in [-0.39, 0.29) is 43.1 Å². The fourth-order valence-electron chi connectivity index (χ4n) is 5.34. The number of hydrogen-bond donors (Lipinski definition) is 1. The Bertz CT molecular complexity index is 970. The molecular formula is C25H27FO5. The van der Waals surface area contributed by atoms with Crippen LogP contribution in [0.25, 0.3) is 5.57 Å². The van der Waals surface area contributed by atoms with Crippen LogP contribution in [0.2, 0.25) is 0 Å². The molecule has 2 fully saturated rings. The van der Waals surface area contributed by atoms with Gasteiger partial charge < -0.3 is 9.84 Å². The Hall–Kier alpha value is -2.60. The van der Waals surface area contributed by atoms with Crippen molar-refractivity contribution in [2.24, 2.45) is 10.8 Å². The summed E-state index contributed by atoms with van der Waals surface area (Å²) in [6.07, 6.45) is 3.91. The number of carbonyl (C=O) groups is 3. The van der Waals surface area contributed by atoms with Gasteiger partial charge in [-0.2, -0.15) is 0 Å². The number of esters is 1. The van der Waals surface area contributed by atoms with Gasteiger partial charge in [-0.3, -0.25) is 14.4 Å². The first-order valence-corrected chi connectivity index (χ1v) is 10.7. The first kappa shape index (κ1) is 21.6. The number of benzene rings is 1. The summed E-state index contributed by atoms with van der Waals surface area (Å²) in [7, 11) is 0. The van der Waals surface area contributed by atoms with Gasteiger partial charge in [0.05, 0.1) is 17.9 Å². The summed E-state index contributed by atoms with van der Waals surface area (Å²) in [6, 6.07) is 6.08. The summed E-state index contributed by atoms with van der Waals surface area (Å²) >= 11 is 0. The van der Waals surface area contributed by atoms with Gasteiger partial charge in [-0.25, -0.2) is 4.39 Å². The zero-order valence-corrected chi connectivity index (χ0v) is 17.8. The third-order valence-electron chi connectivity index (χ3n) is 6.78. The fraction of sp³-hybridized carbons (Fsp3) is 0.480. The van der Waals surface area contributed by atoms with E-state index >= 15 is 0 Å². The predicted molar refractivity (Wildman–Crippen MR) is 112 cm³/mol. The van der Waals surface area contributed by atoms with Crippen LogP contribution in [0.5, 0.6) is 0 Å². The number of cyclic esters (lactones) is 1. The lowest BCUT2D eigenvalue weighted by Gasteiger charge is -2.43. The lowest BCUT2D eigenvalue weighted by Crippen LogP contribution is -2.42. The first-order chi connectivity index (χ1) is 14.6. The Balaban J connectivity index is 1.79. The summed E-state index contributed by atoms with van der Waals surface area (Å²) < 4.78 is 18.9. The highest BCUT2D eigenvalue weighted by Gasteiger charge is 2.55. The SMILES string of the molecule is CC1(C)CC2(CC(c3ccc(F)cc3)=C1/C=C/[C@H]1C[C@H](O)CC(=O)O1)C(=O)CCC2=O. The molecule has 4 rings (SSSR count). The maximum absolute atomic E-state index is 13.6. The largest absolute Gasteiger partial charge is 0.458 e. The highest BCUT2D eigenvalue weighted by atomic mass is 19.1. The van der Waals surface area contributed by atoms with Crippen molar-refractivity contribution in [1.29, 1.82) is 0 Å². The normalized spacial score (nSPS) is 27.9. The quantitative estimate of drug-likeness (QED) is 0.585. The molecule has 0 bridgehead atoms. The molecular weight excluding hydrogens is 399 g/mol. The van der Waals surface area contributed by atoms with Gasteiger partial charge in [-0.05, 0) is 53.2 Å². The van der Waals surface area contributed by atoms with E-state index in [9.17, 15) is 23.9 Å². The van der Waals surface area contributed by atoms with Crippen LogP contribution in [0, 0.1) is 16.6 Å². The van der Waals surface area contributed by atoms with Gasteiger partial charge >= 0.3 is 5.97 Å². The van der Waals surface area contributed by atoms with E-state index in [1.54, 1.807) is 18.2 Å². The lowest BCUT2D eigenvalue weighted by atomic mass is 9.58. The summed E-state index contributed by atoms with van der Waals surface area (Å²) in [4.78, 5) is 37.4. The van der Waals surface area contributed by atoms with Crippen molar-refractivity contribution >= 4 is 23.1 Å². The van der Waals surface area contributed by atoms with Crippen molar-refractivity contribution in [3.63, 3.8) is 0 Å². The smallest absolute Gasteiger partial charge is 0.309 e. The van der Waals surface area contributed by atoms with Crippen LogP contribution in [0.1, 0.15) is 57.9 Å². The molecule has 0 amide bonds. The molecule has 164 valence electrons. The van der Waals surface area contributed by atoms with Crippen molar-refractivity contribution in [2.45, 2.75) is 64.6 Å². The number of aliphatic hydroxyl groups excluding tert-OH is 1. The van der Waals surface area contributed by atoms with Crippen LogP contribution in [-0.2, 0) is 19.1 Å². The van der Waals surface area contributed by atoms with E-state index in [1.165, 1.54) is 12.1 Å². The lowest BCUT2D eigenvalue weighted by molar-refractivity contribution is -0.156. The van der Waals surface area contributed by atoms with Gasteiger partial charge in [-0.15, -0.1) is 0 Å². The first-order valence-electron chi connectivity index (χ1n) is 10.7. The molecule has 1 N–H and O–H groups in total. The van der Waals surface area contributed by atoms with Crippen LogP contribution >= 0.6 is 0 Å². The second-order valence-electron chi connectivity index (χ2n) is 9.55. The zero-order valence-electron chi connectivity index (χ0n) is 17.8. The Morgan fingerprint density at radius 3 is 2.35 bits per heavy atom. The van der Waals surface area contributed by atoms with E-state index in [2.05, 4.69) is 0 Å². The Morgan fingerprint density at radius 1 is 1.10 bits per heavy atom. The molecule has 1 spiro atoms. The van der Waals surface area contributed by atoms with Crippen molar-refractivity contribution < 1.29 is 28.6 Å². The third-order valence-corrected chi connectivity index (χ3v) is 6.78. The highest BCUT2D eigenvalue weighted by Crippen LogP contribution is 2.56. The fourth-order valence-corrected chi connectivity index (χ4v) is 5.34. The molecule has 1 heterocycles. The van der Waals surface area contributed by atoms with E-state index in [0.29, 0.717) is 12.8 Å². The van der Waals surface area contributed by atoms with E-state index in [4.69, 9.17) is 4.74 Å². The standard InChI is InChI=1S/C25H27FO5/c1-24(2)14-25(21(28)9-10-22(25)29)13-19(15-3-5-16(26)6-4-15)20(24)8-7-18-11-17(27)12-23(30)31-18/h3-8,17-18,27H,9-14H2,1-2H3/b8-7+/t17-,18-/m0/s1. The summed E-state index contributed by atoms with van der Waals surface area (Å²) in [5.74, 6) is -0.831. The second-order valence-corrected chi connectivity index (χ2v) is 9.55. The Labute approximate surface area is 181 Å². The summed E-state index contributed by atoms with van der Waals surface area (Å²) in [5, 5.41) is 9.89. The molecule has 1 saturated carbocycles. The number of ether oxygens (including phenoxy) is 1. The number of carbonyl (C=O) groups excluding carboxylic acids is 3. The van der Waals surface area contributed by atoms with Gasteiger partial charge in [0.15, 0.2) is 0 Å². The van der Waals surface area contributed by atoms with Gasteiger partial charge in [0.25, 0.3) is 0 Å². The number of rotatable bonds is 3. The number of Topliss-reactive ketones (excluding diaryl/α,β-unsaturated/α-hetero) is 2. The minimum absolute atomic E-state index is 0.00784. The molecule has 0 radical (unpaired) electrons. The van der Waals surface area contributed by atoms with Crippen molar-refractivity contribution in [1.82, 2.24) is 0 Å². The van der Waals surface area contributed by atoms with Crippen LogP contribution < -0.4 is 0 Å². The molecule has 1 aliphatic heterocycles. The maximum atomic E-state index is 13.6. The molecule has 0 unspecified atom stereocenters. The summed E-state index contributed by atoms with van der Waals surface area (Å²) in [6.45, 7) is 4.00. The molecule has 6 heteroatoms. The number of hydrogen-bond acceptors (Lipinski definition) is 5. The molecule has 1 aromatic carbocycles. The van der Waals surface area contributed by atoms with Crippen LogP contribution in [0.4, 0.5) is 4.39 Å². The zero-order chi connectivity index (χ0) is 22.4. The summed E-state index contributed by atoms with van der Waals surface area (Å²) in [5.41, 5.74) is 0.984. The highest BCUT2D eigenvalue weighted by molar-refractivity contribution is 6.14. The molecule has 2 aliphatic carbocycles. The minimum Gasteiger partial charge on any atom is -0.458 e. The molecule has 2 atom stereocenters. The number of allylic oxidation sites excluding steroid dienone is 3. The molecule has 31 heavy (non-hydrogen) atoms. The molecule has 1 aromatic rings. The molecule has 5 nitrogen and oxygen atoms in total. The van der Waals surface area contributed by atoms with Gasteiger partial charge in [-0.1, -0.05) is 32.1 Å². The predicted octanol–water partition coefficient (Wildman–Crippen LogP) is 3.94. The number of aliphatic hydroxyl groups is 1. The van der Waals surface area contributed by atoms with Crippen LogP contribution in [-0.4, -0.2) is 34.9 Å². The van der Waals surface area contributed by atoms with Crippen molar-refractivity contribution in [3.05, 3.63) is 53.4 Å². The number of halogens is 1. The number of ketones is 2. The molecule has 3 aliphatic rings. The average molecular weight is 426 g/mol. The Morgan fingerprint density at radius 2 is 1.74 bits per heavy atom. The van der Waals surface area contributed by atoms with Crippen molar-refractivity contribution in [3.8, 4) is 0 Å². The van der Waals surface area contributed by atoms with E-state index in [0.717, 1.165) is 16.7 Å². The second kappa shape index (κ2) is 7.83. The van der Waals surface area contributed by atoms with Crippen LogP contribution in [0.3, 0.4) is 0 Å². The topological polar surface area (TPSA) is 80.7 Å². The minimum atomic E-state index is -1.03. The Kier molecular flexibility index (Phi) is 5.46. The maximum Gasteiger partial charge on any atom is 0.309 e.